The van der Waals surface area contributed by atoms with Crippen LogP contribution >= 0.6 is 11.3 Å². The van der Waals surface area contributed by atoms with Crippen LogP contribution in [-0.2, 0) is 28.8 Å². The topological polar surface area (TPSA) is 51.2 Å². The Bertz CT molecular complexity index is 569. The van der Waals surface area contributed by atoms with E-state index in [1.165, 1.54) is 5.56 Å². The zero-order valence-electron chi connectivity index (χ0n) is 12.9. The van der Waals surface area contributed by atoms with Gasteiger partial charge in [0.2, 0.25) is 5.91 Å². The number of methoxy groups -OCH3 is 1. The second-order valence-electron chi connectivity index (χ2n) is 5.09. The Labute approximate surface area is 135 Å². The highest BCUT2D eigenvalue weighted by molar-refractivity contribution is 7.09. The van der Waals surface area contributed by atoms with Gasteiger partial charge in [-0.15, -0.1) is 11.3 Å². The molecule has 1 N–H and O–H groups in total. The van der Waals surface area contributed by atoms with Crippen molar-refractivity contribution in [2.75, 3.05) is 20.3 Å². The summed E-state index contributed by atoms with van der Waals surface area (Å²) in [5, 5.41) is 5.95. The SMILES string of the molecule is COCCCNC(=O)Cc1csc(CCc2ccccc2)n1. The number of aromatic nitrogens is 1. The molecule has 1 aromatic carbocycles. The van der Waals surface area contributed by atoms with E-state index in [1.807, 2.05) is 11.4 Å². The van der Waals surface area contributed by atoms with Gasteiger partial charge < -0.3 is 10.1 Å². The summed E-state index contributed by atoms with van der Waals surface area (Å²) in [5.41, 5.74) is 2.17. The summed E-state index contributed by atoms with van der Waals surface area (Å²) in [4.78, 5) is 16.3. The summed E-state index contributed by atoms with van der Waals surface area (Å²) in [6.07, 6.45) is 3.09. The van der Waals surface area contributed by atoms with Crippen molar-refractivity contribution in [2.45, 2.75) is 25.7 Å². The summed E-state index contributed by atoms with van der Waals surface area (Å²) >= 11 is 1.63. The molecule has 0 radical (unpaired) electrons. The lowest BCUT2D eigenvalue weighted by atomic mass is 10.1. The van der Waals surface area contributed by atoms with E-state index in [-0.39, 0.29) is 5.91 Å². The lowest BCUT2D eigenvalue weighted by molar-refractivity contribution is -0.120. The fourth-order valence-electron chi connectivity index (χ4n) is 2.11. The lowest BCUT2D eigenvalue weighted by Crippen LogP contribution is -2.26. The Kier molecular flexibility index (Phi) is 7.06. The minimum atomic E-state index is 0.0241. The highest BCUT2D eigenvalue weighted by atomic mass is 32.1. The van der Waals surface area contributed by atoms with Gasteiger partial charge in [-0.1, -0.05) is 30.3 Å². The van der Waals surface area contributed by atoms with Crippen molar-refractivity contribution in [3.8, 4) is 0 Å². The summed E-state index contributed by atoms with van der Waals surface area (Å²) in [6.45, 7) is 1.32. The number of benzene rings is 1. The molecular weight excluding hydrogens is 296 g/mol. The predicted octanol–water partition coefficient (Wildman–Crippen LogP) is 2.62. The van der Waals surface area contributed by atoms with Gasteiger partial charge in [0.05, 0.1) is 17.1 Å². The fourth-order valence-corrected chi connectivity index (χ4v) is 2.91. The summed E-state index contributed by atoms with van der Waals surface area (Å²) < 4.78 is 4.95. The van der Waals surface area contributed by atoms with E-state index < -0.39 is 0 Å². The number of aryl methyl sites for hydroxylation is 2. The first-order valence-electron chi connectivity index (χ1n) is 7.51. The molecule has 1 amide bonds. The number of rotatable bonds is 9. The van der Waals surface area contributed by atoms with Crippen molar-refractivity contribution < 1.29 is 9.53 Å². The molecule has 0 aliphatic carbocycles. The molecule has 1 heterocycles. The summed E-state index contributed by atoms with van der Waals surface area (Å²) in [7, 11) is 1.66. The molecule has 0 saturated carbocycles. The highest BCUT2D eigenvalue weighted by Gasteiger charge is 2.07. The van der Waals surface area contributed by atoms with Gasteiger partial charge in [0.25, 0.3) is 0 Å². The van der Waals surface area contributed by atoms with E-state index >= 15 is 0 Å². The number of nitrogens with one attached hydrogen (secondary N) is 1. The van der Waals surface area contributed by atoms with Crippen LogP contribution in [-0.4, -0.2) is 31.2 Å². The van der Waals surface area contributed by atoms with Gasteiger partial charge in [-0.05, 0) is 18.4 Å². The molecule has 0 aliphatic heterocycles. The molecule has 5 heteroatoms. The van der Waals surface area contributed by atoms with Crippen molar-refractivity contribution >= 4 is 17.2 Å². The standard InChI is InChI=1S/C17H22N2O2S/c1-21-11-5-10-18-16(20)12-15-13-22-17(19-15)9-8-14-6-3-2-4-7-14/h2-4,6-7,13H,5,8-12H2,1H3,(H,18,20). The van der Waals surface area contributed by atoms with Crippen LogP contribution in [0.1, 0.15) is 22.7 Å². The first-order valence-corrected chi connectivity index (χ1v) is 8.38. The Morgan fingerprint density at radius 2 is 2.09 bits per heavy atom. The molecule has 0 bridgehead atoms. The number of hydrogen-bond acceptors (Lipinski definition) is 4. The second-order valence-corrected chi connectivity index (χ2v) is 6.03. The third-order valence-electron chi connectivity index (χ3n) is 3.26. The van der Waals surface area contributed by atoms with Crippen LogP contribution in [0.3, 0.4) is 0 Å². The number of thiazole rings is 1. The highest BCUT2D eigenvalue weighted by Crippen LogP contribution is 2.13. The van der Waals surface area contributed by atoms with E-state index in [1.54, 1.807) is 18.4 Å². The van der Waals surface area contributed by atoms with Gasteiger partial charge in [-0.25, -0.2) is 4.98 Å². The third kappa shape index (κ3) is 5.95. The molecule has 1 aromatic heterocycles. The van der Waals surface area contributed by atoms with E-state index in [0.717, 1.165) is 30.0 Å². The maximum Gasteiger partial charge on any atom is 0.226 e. The van der Waals surface area contributed by atoms with Crippen LogP contribution < -0.4 is 5.32 Å². The van der Waals surface area contributed by atoms with Gasteiger partial charge in [-0.2, -0.15) is 0 Å². The summed E-state index contributed by atoms with van der Waals surface area (Å²) in [6, 6.07) is 10.4. The van der Waals surface area contributed by atoms with Crippen molar-refractivity contribution in [3.05, 3.63) is 52.0 Å². The molecule has 118 valence electrons. The van der Waals surface area contributed by atoms with Crippen molar-refractivity contribution in [1.82, 2.24) is 10.3 Å². The molecule has 0 saturated heterocycles. The smallest absolute Gasteiger partial charge is 0.226 e. The Balaban J connectivity index is 1.73. The zero-order valence-corrected chi connectivity index (χ0v) is 13.7. The van der Waals surface area contributed by atoms with Crippen LogP contribution in [0.5, 0.6) is 0 Å². The van der Waals surface area contributed by atoms with E-state index in [0.29, 0.717) is 19.6 Å². The molecule has 4 nitrogen and oxygen atoms in total. The van der Waals surface area contributed by atoms with Crippen molar-refractivity contribution in [3.63, 3.8) is 0 Å². The van der Waals surface area contributed by atoms with Crippen LogP contribution in [0, 0.1) is 0 Å². The molecule has 0 unspecified atom stereocenters. The van der Waals surface area contributed by atoms with Crippen molar-refractivity contribution in [2.24, 2.45) is 0 Å². The maximum atomic E-state index is 11.8. The van der Waals surface area contributed by atoms with Crippen LogP contribution in [0.25, 0.3) is 0 Å². The first kappa shape index (κ1) is 16.6. The van der Waals surface area contributed by atoms with Gasteiger partial charge in [-0.3, -0.25) is 4.79 Å². The normalized spacial score (nSPS) is 10.6. The van der Waals surface area contributed by atoms with Crippen LogP contribution in [0.2, 0.25) is 0 Å². The third-order valence-corrected chi connectivity index (χ3v) is 4.22. The van der Waals surface area contributed by atoms with E-state index in [2.05, 4.69) is 34.6 Å². The fraction of sp³-hybridized carbons (Fsp3) is 0.412. The van der Waals surface area contributed by atoms with Gasteiger partial charge in [0, 0.05) is 32.1 Å². The Morgan fingerprint density at radius 1 is 1.27 bits per heavy atom. The molecule has 0 fully saturated rings. The monoisotopic (exact) mass is 318 g/mol. The summed E-state index contributed by atoms with van der Waals surface area (Å²) in [5.74, 6) is 0.0241. The zero-order chi connectivity index (χ0) is 15.6. The minimum Gasteiger partial charge on any atom is -0.385 e. The van der Waals surface area contributed by atoms with Crippen molar-refractivity contribution in [1.29, 1.82) is 0 Å². The minimum absolute atomic E-state index is 0.0241. The molecule has 0 aliphatic rings. The molecule has 2 aromatic rings. The average Bonchev–Trinajstić information content (AvgIpc) is 2.98. The molecular formula is C17H22N2O2S. The van der Waals surface area contributed by atoms with Gasteiger partial charge in [0.15, 0.2) is 0 Å². The van der Waals surface area contributed by atoms with Crippen LogP contribution in [0.4, 0.5) is 0 Å². The van der Waals surface area contributed by atoms with Gasteiger partial charge in [0.1, 0.15) is 0 Å². The molecule has 2 rings (SSSR count). The Morgan fingerprint density at radius 3 is 2.86 bits per heavy atom. The largest absolute Gasteiger partial charge is 0.385 e. The number of carbonyl (C=O) groups excluding carboxylic acids is 1. The van der Waals surface area contributed by atoms with E-state index in [9.17, 15) is 4.79 Å². The number of ether oxygens (including phenoxy) is 1. The number of amides is 1. The number of carbonyl (C=O) groups is 1. The molecule has 0 spiro atoms. The predicted molar refractivity (Wildman–Crippen MR) is 89.2 cm³/mol. The van der Waals surface area contributed by atoms with Gasteiger partial charge >= 0.3 is 0 Å². The van der Waals surface area contributed by atoms with Crippen LogP contribution in [0.15, 0.2) is 35.7 Å². The van der Waals surface area contributed by atoms with E-state index in [4.69, 9.17) is 4.74 Å². The Hall–Kier alpha value is -1.72. The maximum absolute atomic E-state index is 11.8. The lowest BCUT2D eigenvalue weighted by Gasteiger charge is -2.03. The first-order chi connectivity index (χ1) is 10.8. The number of hydrogen-bond donors (Lipinski definition) is 1. The number of nitrogens with zero attached hydrogens (tertiary/aromatic N) is 1. The second kappa shape index (κ2) is 9.33. The quantitative estimate of drug-likeness (QED) is 0.723. The average molecular weight is 318 g/mol. The molecule has 0 atom stereocenters. The molecule has 22 heavy (non-hydrogen) atoms.